The van der Waals surface area contributed by atoms with Gasteiger partial charge < -0.3 is 15.1 Å². The van der Waals surface area contributed by atoms with Crippen molar-refractivity contribution in [2.45, 2.75) is 19.8 Å². The number of carbonyl (C=O) groups excluding carboxylic acids is 1. The first kappa shape index (κ1) is 20.3. The molecule has 4 aromatic rings. The quantitative estimate of drug-likeness (QED) is 0.284. The molecule has 0 saturated heterocycles. The number of fused-ring (bicyclic) bond motifs is 1. The molecule has 0 atom stereocenters. The van der Waals surface area contributed by atoms with Crippen LogP contribution in [0.2, 0.25) is 0 Å². The number of nitrogens with zero attached hydrogens (tertiary/aromatic N) is 2. The van der Waals surface area contributed by atoms with E-state index in [4.69, 9.17) is 0 Å². The topological polar surface area (TPSA) is 80.0 Å². The molecule has 0 N–H and O–H groups in total. The third kappa shape index (κ3) is 4.31. The summed E-state index contributed by atoms with van der Waals surface area (Å²) in [6.45, 7) is 4.30. The van der Waals surface area contributed by atoms with Gasteiger partial charge in [0, 0.05) is 34.9 Å². The van der Waals surface area contributed by atoms with Gasteiger partial charge in [0.2, 0.25) is 0 Å². The van der Waals surface area contributed by atoms with E-state index in [1.54, 1.807) is 12.3 Å². The predicted molar refractivity (Wildman–Crippen MR) is 120 cm³/mol. The second kappa shape index (κ2) is 8.40. The summed E-state index contributed by atoms with van der Waals surface area (Å²) in [5.41, 5.74) is 5.19. The van der Waals surface area contributed by atoms with Gasteiger partial charge in [-0.05, 0) is 58.5 Å². The molecule has 0 fully saturated rings. The molecule has 0 aliphatic carbocycles. The van der Waals surface area contributed by atoms with E-state index in [0.29, 0.717) is 16.2 Å². The maximum atomic E-state index is 11.8. The van der Waals surface area contributed by atoms with E-state index in [9.17, 15) is 15.1 Å². The van der Waals surface area contributed by atoms with E-state index >= 15 is 0 Å². The number of carbonyl (C=O) groups is 1. The minimum Gasteiger partial charge on any atom is -0.619 e. The monoisotopic (exact) mass is 409 g/mol. The second-order valence-corrected chi connectivity index (χ2v) is 7.72. The molecule has 0 bridgehead atoms. The van der Waals surface area contributed by atoms with Crippen molar-refractivity contribution in [3.63, 3.8) is 0 Å². The fraction of sp³-hybridized carbons (Fsp3) is 0.115. The van der Waals surface area contributed by atoms with Crippen molar-refractivity contribution < 1.29 is 14.6 Å². The molecule has 2 heterocycles. The summed E-state index contributed by atoms with van der Waals surface area (Å²) in [7, 11) is 0. The average molecular weight is 409 g/mol. The number of benzene rings is 2. The first-order valence-electron chi connectivity index (χ1n) is 10.0. The minimum absolute atomic E-state index is 0.0108. The maximum absolute atomic E-state index is 11.8. The van der Waals surface area contributed by atoms with Gasteiger partial charge in [-0.15, -0.1) is 0 Å². The highest BCUT2D eigenvalue weighted by molar-refractivity contribution is 6.19. The van der Waals surface area contributed by atoms with Gasteiger partial charge in [-0.3, -0.25) is 4.98 Å². The van der Waals surface area contributed by atoms with Crippen LogP contribution >= 0.6 is 0 Å². The zero-order chi connectivity index (χ0) is 22.0. The van der Waals surface area contributed by atoms with E-state index in [2.05, 4.69) is 31.0 Å². The summed E-state index contributed by atoms with van der Waals surface area (Å²) < 4.78 is 0.608. The molecule has 154 valence electrons. The Morgan fingerprint density at radius 3 is 2.52 bits per heavy atom. The lowest BCUT2D eigenvalue weighted by atomic mass is 9.93. The van der Waals surface area contributed by atoms with Crippen LogP contribution in [0.1, 0.15) is 36.5 Å². The maximum Gasteiger partial charge on any atom is 0.180 e. The highest BCUT2D eigenvalue weighted by Crippen LogP contribution is 2.32. The van der Waals surface area contributed by atoms with Crippen LogP contribution in [0.25, 0.3) is 33.7 Å². The Hall–Kier alpha value is -3.99. The Morgan fingerprint density at radius 2 is 1.81 bits per heavy atom. The van der Waals surface area contributed by atoms with E-state index in [-0.39, 0.29) is 5.57 Å². The van der Waals surface area contributed by atoms with Crippen molar-refractivity contribution in [1.82, 2.24) is 4.98 Å². The van der Waals surface area contributed by atoms with Crippen molar-refractivity contribution in [2.75, 3.05) is 0 Å². The third-order valence-corrected chi connectivity index (χ3v) is 5.24. The van der Waals surface area contributed by atoms with Gasteiger partial charge in [0.05, 0.1) is 11.5 Å². The van der Waals surface area contributed by atoms with E-state index < -0.39 is 5.97 Å². The zero-order valence-corrected chi connectivity index (χ0v) is 17.3. The molecular weight excluding hydrogens is 388 g/mol. The van der Waals surface area contributed by atoms with E-state index in [0.717, 1.165) is 27.6 Å². The summed E-state index contributed by atoms with van der Waals surface area (Å²) in [5.74, 6) is -0.944. The zero-order valence-electron chi connectivity index (χ0n) is 17.3. The molecule has 0 saturated carbocycles. The van der Waals surface area contributed by atoms with Crippen LogP contribution in [-0.2, 0) is 4.79 Å². The van der Waals surface area contributed by atoms with Crippen molar-refractivity contribution in [3.05, 3.63) is 101 Å². The Balaban J connectivity index is 1.84. The van der Waals surface area contributed by atoms with E-state index in [1.807, 2.05) is 36.4 Å². The summed E-state index contributed by atoms with van der Waals surface area (Å²) in [5, 5.41) is 24.1. The van der Waals surface area contributed by atoms with Crippen LogP contribution in [0.5, 0.6) is 0 Å². The molecule has 0 radical (unpaired) electrons. The summed E-state index contributed by atoms with van der Waals surface area (Å²) in [6, 6.07) is 18.9. The average Bonchev–Trinajstić information content (AvgIpc) is 2.77. The minimum atomic E-state index is -1.30. The summed E-state index contributed by atoms with van der Waals surface area (Å²) in [4.78, 5) is 16.3. The van der Waals surface area contributed by atoms with Gasteiger partial charge in [-0.1, -0.05) is 38.1 Å². The summed E-state index contributed by atoms with van der Waals surface area (Å²) in [6.07, 6.45) is 5.86. The number of pyridine rings is 2. The van der Waals surface area contributed by atoms with Crippen LogP contribution in [-0.4, -0.2) is 11.0 Å². The largest absolute Gasteiger partial charge is 0.619 e. The number of aromatic nitrogens is 2. The second-order valence-electron chi connectivity index (χ2n) is 7.72. The van der Waals surface area contributed by atoms with Gasteiger partial charge in [0.15, 0.2) is 12.4 Å². The normalized spacial score (nSPS) is 11.8. The Bertz CT molecular complexity index is 1290. The van der Waals surface area contributed by atoms with Crippen LogP contribution in [0.15, 0.2) is 79.3 Å². The summed E-state index contributed by atoms with van der Waals surface area (Å²) >= 11 is 0. The van der Waals surface area contributed by atoms with Crippen LogP contribution in [0, 0.1) is 5.21 Å². The molecule has 0 unspecified atom stereocenters. The Morgan fingerprint density at radius 1 is 1.03 bits per heavy atom. The SMILES string of the molecule is CC(C)c1cc(-c2cccc(/C=C(/C(=O)[O-])c3cc[n+]([O-])cc3)c2)c2ncccc2c1. The molecule has 4 rings (SSSR count). The van der Waals surface area contributed by atoms with Gasteiger partial charge in [-0.25, -0.2) is 0 Å². The number of carboxylic acid groups (broad SMARTS) is 1. The first-order valence-corrected chi connectivity index (χ1v) is 10.0. The third-order valence-electron chi connectivity index (χ3n) is 5.24. The molecule has 5 heteroatoms. The molecule has 5 nitrogen and oxygen atoms in total. The number of hydrogen-bond acceptors (Lipinski definition) is 4. The fourth-order valence-corrected chi connectivity index (χ4v) is 3.58. The lowest BCUT2D eigenvalue weighted by molar-refractivity contribution is -0.605. The molecular formula is C26H21N2O3-. The lowest BCUT2D eigenvalue weighted by Gasteiger charge is -2.13. The standard InChI is InChI=1S/C26H22N2O3/c1-17(2)22-15-21-7-4-10-27-25(21)23(16-22)20-6-3-5-18(13-20)14-24(26(29)30)19-8-11-28(31)12-9-19/h3-17H,1-2H3,(H,29,30)/p-1/b24-14+. The molecule has 31 heavy (non-hydrogen) atoms. The molecule has 0 spiro atoms. The number of hydrogen-bond donors (Lipinski definition) is 0. The van der Waals surface area contributed by atoms with Crippen molar-refractivity contribution in [3.8, 4) is 11.1 Å². The highest BCUT2D eigenvalue weighted by Gasteiger charge is 2.11. The van der Waals surface area contributed by atoms with Crippen LogP contribution in [0.4, 0.5) is 0 Å². The predicted octanol–water partition coefficient (Wildman–Crippen LogP) is 3.95. The molecule has 2 aromatic carbocycles. The van der Waals surface area contributed by atoms with Crippen LogP contribution < -0.4 is 9.84 Å². The molecule has 2 aromatic heterocycles. The van der Waals surface area contributed by atoms with Gasteiger partial charge in [-0.2, -0.15) is 4.73 Å². The molecule has 0 amide bonds. The Kier molecular flexibility index (Phi) is 5.50. The van der Waals surface area contributed by atoms with Crippen molar-refractivity contribution in [1.29, 1.82) is 0 Å². The fourth-order valence-electron chi connectivity index (χ4n) is 3.58. The number of aliphatic carboxylic acids is 1. The number of carboxylic acids is 1. The molecule has 0 aliphatic heterocycles. The van der Waals surface area contributed by atoms with Crippen LogP contribution in [0.3, 0.4) is 0 Å². The molecule has 0 aliphatic rings. The van der Waals surface area contributed by atoms with E-state index in [1.165, 1.54) is 30.1 Å². The smallest absolute Gasteiger partial charge is 0.180 e. The van der Waals surface area contributed by atoms with Gasteiger partial charge in [0.25, 0.3) is 0 Å². The lowest BCUT2D eigenvalue weighted by Crippen LogP contribution is -2.26. The van der Waals surface area contributed by atoms with Gasteiger partial charge in [0.1, 0.15) is 0 Å². The number of rotatable bonds is 5. The van der Waals surface area contributed by atoms with Crippen molar-refractivity contribution >= 4 is 28.5 Å². The van der Waals surface area contributed by atoms with Gasteiger partial charge >= 0.3 is 0 Å². The first-order chi connectivity index (χ1) is 14.9. The highest BCUT2D eigenvalue weighted by atomic mass is 16.5. The van der Waals surface area contributed by atoms with Crippen molar-refractivity contribution in [2.24, 2.45) is 0 Å². The Labute approximate surface area is 180 Å².